The summed E-state index contributed by atoms with van der Waals surface area (Å²) in [5.74, 6) is 0.208. The van der Waals surface area contributed by atoms with Crippen molar-refractivity contribution in [3.8, 4) is 5.75 Å². The summed E-state index contributed by atoms with van der Waals surface area (Å²) in [6.07, 6.45) is 1.65. The molecule has 0 aliphatic carbocycles. The summed E-state index contributed by atoms with van der Waals surface area (Å²) in [5, 5.41) is 13.1. The zero-order chi connectivity index (χ0) is 16.1. The Bertz CT molecular complexity index is 815. The first-order valence-corrected chi connectivity index (χ1v) is 7.95. The molecule has 114 valence electrons. The van der Waals surface area contributed by atoms with Gasteiger partial charge in [0.05, 0.1) is 5.69 Å². The minimum Gasteiger partial charge on any atom is -0.507 e. The molecule has 4 heteroatoms. The molecule has 0 atom stereocenters. The largest absolute Gasteiger partial charge is 0.507 e. The molecule has 2 N–H and O–H groups in total. The van der Waals surface area contributed by atoms with E-state index in [1.807, 2.05) is 60.7 Å². The molecule has 0 heterocycles. The minimum atomic E-state index is 0.208. The second kappa shape index (κ2) is 7.11. The number of nitrogens with zero attached hydrogens (tertiary/aromatic N) is 1. The maximum Gasteiger partial charge on any atom is 0.124 e. The molecule has 0 saturated heterocycles. The van der Waals surface area contributed by atoms with Crippen molar-refractivity contribution in [1.29, 1.82) is 0 Å². The third-order valence-corrected chi connectivity index (χ3v) is 3.77. The predicted molar refractivity (Wildman–Crippen MR) is 99.2 cm³/mol. The fraction of sp³-hybridized carbons (Fsp3) is 0. The maximum atomic E-state index is 9.80. The molecule has 0 bridgehead atoms. The van der Waals surface area contributed by atoms with Gasteiger partial charge in [0.1, 0.15) is 5.75 Å². The lowest BCUT2D eigenvalue weighted by atomic mass is 10.2. The van der Waals surface area contributed by atoms with Crippen LogP contribution in [0.4, 0.5) is 17.1 Å². The molecule has 3 rings (SSSR count). The van der Waals surface area contributed by atoms with Gasteiger partial charge in [-0.2, -0.15) is 0 Å². The van der Waals surface area contributed by atoms with Crippen molar-refractivity contribution in [2.24, 2.45) is 4.99 Å². The Morgan fingerprint density at radius 1 is 0.870 bits per heavy atom. The fourth-order valence-corrected chi connectivity index (χ4v) is 2.47. The topological polar surface area (TPSA) is 44.6 Å². The van der Waals surface area contributed by atoms with Gasteiger partial charge in [-0.15, -0.1) is 0 Å². The number of aromatic hydroxyl groups is 1. The second-order valence-electron chi connectivity index (χ2n) is 5.00. The smallest absolute Gasteiger partial charge is 0.124 e. The van der Waals surface area contributed by atoms with Crippen molar-refractivity contribution in [3.05, 3.63) is 82.8 Å². The van der Waals surface area contributed by atoms with Gasteiger partial charge in [-0.25, -0.2) is 0 Å². The highest BCUT2D eigenvalue weighted by Crippen LogP contribution is 2.23. The number of rotatable bonds is 4. The van der Waals surface area contributed by atoms with Crippen LogP contribution in [0.25, 0.3) is 0 Å². The van der Waals surface area contributed by atoms with E-state index in [2.05, 4.69) is 26.2 Å². The van der Waals surface area contributed by atoms with Crippen LogP contribution in [0.1, 0.15) is 5.56 Å². The Hall–Kier alpha value is -2.59. The normalized spacial score (nSPS) is 10.8. The monoisotopic (exact) mass is 366 g/mol. The molecule has 0 aliphatic heterocycles. The number of halogens is 1. The first-order chi connectivity index (χ1) is 11.2. The zero-order valence-electron chi connectivity index (χ0n) is 12.3. The van der Waals surface area contributed by atoms with Crippen molar-refractivity contribution < 1.29 is 5.11 Å². The van der Waals surface area contributed by atoms with Gasteiger partial charge in [-0.1, -0.05) is 34.1 Å². The lowest BCUT2D eigenvalue weighted by molar-refractivity contribution is 0.474. The predicted octanol–water partition coefficient (Wildman–Crippen LogP) is 5.65. The van der Waals surface area contributed by atoms with E-state index in [4.69, 9.17) is 0 Å². The summed E-state index contributed by atoms with van der Waals surface area (Å²) < 4.78 is 0.902. The van der Waals surface area contributed by atoms with Gasteiger partial charge in [-0.3, -0.25) is 4.99 Å². The number of aliphatic imine (C=N–C) groups is 1. The maximum absolute atomic E-state index is 9.80. The molecular formula is C19H15BrN2O. The molecule has 3 aromatic carbocycles. The Morgan fingerprint density at radius 3 is 2.30 bits per heavy atom. The number of para-hydroxylation sites is 1. The fourth-order valence-electron chi connectivity index (χ4n) is 2.09. The zero-order valence-corrected chi connectivity index (χ0v) is 13.9. The highest BCUT2D eigenvalue weighted by Gasteiger charge is 1.99. The van der Waals surface area contributed by atoms with Crippen LogP contribution in [0.15, 0.2) is 82.3 Å². The highest BCUT2D eigenvalue weighted by atomic mass is 79.9. The van der Waals surface area contributed by atoms with Gasteiger partial charge >= 0.3 is 0 Å². The Morgan fingerprint density at radius 2 is 1.57 bits per heavy atom. The van der Waals surface area contributed by atoms with Crippen molar-refractivity contribution in [3.63, 3.8) is 0 Å². The summed E-state index contributed by atoms with van der Waals surface area (Å²) >= 11 is 3.38. The van der Waals surface area contributed by atoms with E-state index in [1.54, 1.807) is 18.3 Å². The Labute approximate surface area is 143 Å². The van der Waals surface area contributed by atoms with Crippen LogP contribution in [0.5, 0.6) is 5.75 Å². The van der Waals surface area contributed by atoms with E-state index >= 15 is 0 Å². The van der Waals surface area contributed by atoms with Crippen LogP contribution in [-0.2, 0) is 0 Å². The van der Waals surface area contributed by atoms with Crippen molar-refractivity contribution in [2.45, 2.75) is 0 Å². The van der Waals surface area contributed by atoms with Crippen molar-refractivity contribution in [2.75, 3.05) is 5.32 Å². The van der Waals surface area contributed by atoms with E-state index in [1.165, 1.54) is 0 Å². The number of hydrogen-bond donors (Lipinski definition) is 2. The lowest BCUT2D eigenvalue weighted by Crippen LogP contribution is -1.88. The first-order valence-electron chi connectivity index (χ1n) is 7.15. The molecule has 0 aromatic heterocycles. The van der Waals surface area contributed by atoms with E-state index in [0.29, 0.717) is 5.56 Å². The van der Waals surface area contributed by atoms with Crippen LogP contribution in [0.3, 0.4) is 0 Å². The minimum absolute atomic E-state index is 0.208. The van der Waals surface area contributed by atoms with Crippen LogP contribution in [-0.4, -0.2) is 11.3 Å². The van der Waals surface area contributed by atoms with Crippen LogP contribution >= 0.6 is 15.9 Å². The molecule has 0 spiro atoms. The van der Waals surface area contributed by atoms with E-state index in [0.717, 1.165) is 21.5 Å². The average molecular weight is 367 g/mol. The summed E-state index contributed by atoms with van der Waals surface area (Å²) in [6, 6.07) is 23.1. The van der Waals surface area contributed by atoms with Gasteiger partial charge in [0.2, 0.25) is 0 Å². The number of hydrogen-bond acceptors (Lipinski definition) is 3. The summed E-state index contributed by atoms with van der Waals surface area (Å²) in [7, 11) is 0. The van der Waals surface area contributed by atoms with Crippen LogP contribution in [0.2, 0.25) is 0 Å². The molecule has 23 heavy (non-hydrogen) atoms. The van der Waals surface area contributed by atoms with E-state index in [-0.39, 0.29) is 5.75 Å². The molecule has 0 saturated carbocycles. The number of phenols is 1. The van der Waals surface area contributed by atoms with Crippen LogP contribution in [0, 0.1) is 0 Å². The molecule has 3 nitrogen and oxygen atoms in total. The van der Waals surface area contributed by atoms with Gasteiger partial charge < -0.3 is 10.4 Å². The van der Waals surface area contributed by atoms with Crippen LogP contribution < -0.4 is 5.32 Å². The van der Waals surface area contributed by atoms with E-state index < -0.39 is 0 Å². The van der Waals surface area contributed by atoms with Gasteiger partial charge in [0.25, 0.3) is 0 Å². The second-order valence-corrected chi connectivity index (χ2v) is 5.91. The average Bonchev–Trinajstić information content (AvgIpc) is 2.58. The highest BCUT2D eigenvalue weighted by molar-refractivity contribution is 9.10. The Balaban J connectivity index is 1.72. The third-order valence-electron chi connectivity index (χ3n) is 3.27. The molecule has 0 fully saturated rings. The van der Waals surface area contributed by atoms with Crippen molar-refractivity contribution >= 4 is 39.2 Å². The SMILES string of the molecule is Oc1ccc(Br)cc1C=Nc1ccc(Nc2ccccc2)cc1. The molecule has 3 aromatic rings. The Kier molecular flexibility index (Phi) is 4.74. The third kappa shape index (κ3) is 4.20. The van der Waals surface area contributed by atoms with Gasteiger partial charge in [0.15, 0.2) is 0 Å². The number of nitrogens with one attached hydrogen (secondary N) is 1. The molecular weight excluding hydrogens is 352 g/mol. The van der Waals surface area contributed by atoms with E-state index in [9.17, 15) is 5.11 Å². The summed E-state index contributed by atoms with van der Waals surface area (Å²) in [6.45, 7) is 0. The number of phenolic OH excluding ortho intramolecular Hbond substituents is 1. The lowest BCUT2D eigenvalue weighted by Gasteiger charge is -2.06. The van der Waals surface area contributed by atoms with Crippen molar-refractivity contribution in [1.82, 2.24) is 0 Å². The molecule has 0 aliphatic rings. The van der Waals surface area contributed by atoms with Gasteiger partial charge in [-0.05, 0) is 54.6 Å². The molecule has 0 radical (unpaired) electrons. The summed E-state index contributed by atoms with van der Waals surface area (Å²) in [4.78, 5) is 4.39. The van der Waals surface area contributed by atoms with Gasteiger partial charge in [0, 0.05) is 27.6 Å². The summed E-state index contributed by atoms with van der Waals surface area (Å²) in [5.41, 5.74) is 3.54. The quantitative estimate of drug-likeness (QED) is 0.586. The standard InChI is InChI=1S/C19H15BrN2O/c20-15-6-11-19(23)14(12-15)13-21-16-7-9-18(10-8-16)22-17-4-2-1-3-5-17/h1-13,22-23H. The number of benzene rings is 3. The molecule has 0 unspecified atom stereocenters. The first kappa shape index (κ1) is 15.3. The molecule has 0 amide bonds. The number of anilines is 2.